The normalized spacial score (nSPS) is 10.7. The third kappa shape index (κ3) is 4.44. The first-order chi connectivity index (χ1) is 11.9. The molecule has 0 fully saturated rings. The molecule has 0 aliphatic heterocycles. The van der Waals surface area contributed by atoms with Crippen molar-refractivity contribution in [3.05, 3.63) is 62.4 Å². The summed E-state index contributed by atoms with van der Waals surface area (Å²) in [6.07, 6.45) is -0.119. The van der Waals surface area contributed by atoms with Crippen molar-refractivity contribution in [3.63, 3.8) is 0 Å². The number of anilines is 2. The van der Waals surface area contributed by atoms with Gasteiger partial charge < -0.3 is 10.4 Å². The van der Waals surface area contributed by atoms with E-state index in [0.717, 1.165) is 5.56 Å². The zero-order valence-electron chi connectivity index (χ0n) is 12.6. The van der Waals surface area contributed by atoms with Crippen LogP contribution in [-0.4, -0.2) is 16.1 Å². The van der Waals surface area contributed by atoms with Crippen molar-refractivity contribution in [1.29, 1.82) is 0 Å². The molecular weight excluding hydrogens is 403 g/mol. The highest BCUT2D eigenvalue weighted by molar-refractivity contribution is 7.16. The summed E-state index contributed by atoms with van der Waals surface area (Å²) >= 11 is 19.2. The number of hydrogen-bond donors (Lipinski definition) is 2. The van der Waals surface area contributed by atoms with Crippen LogP contribution in [0.3, 0.4) is 0 Å². The molecule has 0 aliphatic carbocycles. The van der Waals surface area contributed by atoms with Crippen LogP contribution in [-0.2, 0) is 11.2 Å². The van der Waals surface area contributed by atoms with Crippen LogP contribution in [0.15, 0.2) is 42.5 Å². The van der Waals surface area contributed by atoms with E-state index in [0.29, 0.717) is 36.5 Å². The van der Waals surface area contributed by atoms with Crippen LogP contribution < -0.4 is 5.32 Å². The van der Waals surface area contributed by atoms with Gasteiger partial charge in [-0.15, -0.1) is 11.3 Å². The molecule has 1 aromatic heterocycles. The van der Waals surface area contributed by atoms with Gasteiger partial charge in [0.25, 0.3) is 0 Å². The third-order valence-electron chi connectivity index (χ3n) is 3.30. The van der Waals surface area contributed by atoms with Crippen LogP contribution in [0, 0.1) is 0 Å². The molecule has 4 nitrogen and oxygen atoms in total. The van der Waals surface area contributed by atoms with Crippen molar-refractivity contribution in [1.82, 2.24) is 4.98 Å². The number of benzene rings is 2. The lowest BCUT2D eigenvalue weighted by Gasteiger charge is -2.05. The van der Waals surface area contributed by atoms with Crippen molar-refractivity contribution < 1.29 is 9.90 Å². The Morgan fingerprint density at radius 1 is 1.08 bits per heavy atom. The van der Waals surface area contributed by atoms with E-state index < -0.39 is 5.97 Å². The number of halogens is 3. The second-order valence-corrected chi connectivity index (χ2v) is 7.48. The van der Waals surface area contributed by atoms with Gasteiger partial charge in [0.1, 0.15) is 0 Å². The number of thiazole rings is 1. The van der Waals surface area contributed by atoms with E-state index in [2.05, 4.69) is 10.3 Å². The van der Waals surface area contributed by atoms with Crippen LogP contribution >= 0.6 is 46.1 Å². The van der Waals surface area contributed by atoms with Crippen molar-refractivity contribution in [3.8, 4) is 11.3 Å². The van der Waals surface area contributed by atoms with E-state index in [-0.39, 0.29) is 6.42 Å². The van der Waals surface area contributed by atoms with Gasteiger partial charge in [-0.25, -0.2) is 4.98 Å². The maximum atomic E-state index is 11.2. The molecule has 0 bridgehead atoms. The minimum Gasteiger partial charge on any atom is -0.481 e. The average molecular weight is 414 g/mol. The zero-order chi connectivity index (χ0) is 18.0. The van der Waals surface area contributed by atoms with Gasteiger partial charge in [0.15, 0.2) is 5.13 Å². The van der Waals surface area contributed by atoms with Crippen LogP contribution in [0.5, 0.6) is 0 Å². The van der Waals surface area contributed by atoms with Gasteiger partial charge in [0.2, 0.25) is 0 Å². The minimum absolute atomic E-state index is 0.119. The molecule has 0 saturated heterocycles. The summed E-state index contributed by atoms with van der Waals surface area (Å²) in [7, 11) is 0. The zero-order valence-corrected chi connectivity index (χ0v) is 15.7. The first-order valence-electron chi connectivity index (χ1n) is 7.12. The van der Waals surface area contributed by atoms with E-state index in [9.17, 15) is 4.79 Å². The van der Waals surface area contributed by atoms with E-state index in [1.807, 2.05) is 12.1 Å². The molecule has 3 rings (SSSR count). The third-order valence-corrected chi connectivity index (χ3v) is 5.07. The largest absolute Gasteiger partial charge is 0.481 e. The van der Waals surface area contributed by atoms with E-state index in [1.54, 1.807) is 30.3 Å². The fraction of sp³-hybridized carbons (Fsp3) is 0.0588. The molecule has 8 heteroatoms. The molecule has 2 N–H and O–H groups in total. The van der Waals surface area contributed by atoms with Gasteiger partial charge in [-0.2, -0.15) is 0 Å². The summed E-state index contributed by atoms with van der Waals surface area (Å²) in [6, 6.07) is 12.2. The summed E-state index contributed by atoms with van der Waals surface area (Å²) in [5.41, 5.74) is 2.05. The molecule has 128 valence electrons. The lowest BCUT2D eigenvalue weighted by molar-refractivity contribution is -0.136. The number of rotatable bonds is 5. The maximum absolute atomic E-state index is 11.2. The Kier molecular flexibility index (Phi) is 5.49. The monoisotopic (exact) mass is 412 g/mol. The van der Waals surface area contributed by atoms with Crippen molar-refractivity contribution in [2.75, 3.05) is 5.32 Å². The number of hydrogen-bond acceptors (Lipinski definition) is 4. The highest BCUT2D eigenvalue weighted by Gasteiger charge is 2.16. The number of carboxylic acids is 1. The van der Waals surface area contributed by atoms with Crippen LogP contribution in [0.4, 0.5) is 10.8 Å². The second kappa shape index (κ2) is 7.62. The summed E-state index contributed by atoms with van der Waals surface area (Å²) < 4.78 is 0. The number of carbonyl (C=O) groups is 1. The molecule has 0 atom stereocenters. The predicted octanol–water partition coefficient (Wildman–Crippen LogP) is 6.14. The summed E-state index contributed by atoms with van der Waals surface area (Å²) in [6.45, 7) is 0. The molecular formula is C17H11Cl3N2O2S. The number of nitrogens with one attached hydrogen (secondary N) is 1. The molecule has 1 heterocycles. The topological polar surface area (TPSA) is 62.2 Å². The van der Waals surface area contributed by atoms with E-state index in [1.165, 1.54) is 11.3 Å². The Morgan fingerprint density at radius 3 is 2.40 bits per heavy atom. The van der Waals surface area contributed by atoms with Gasteiger partial charge >= 0.3 is 5.97 Å². The first-order valence-corrected chi connectivity index (χ1v) is 9.07. The first kappa shape index (κ1) is 18.0. The fourth-order valence-electron chi connectivity index (χ4n) is 2.20. The van der Waals surface area contributed by atoms with Gasteiger partial charge in [-0.3, -0.25) is 4.79 Å². The summed E-state index contributed by atoms with van der Waals surface area (Å²) in [5, 5.41) is 14.4. The molecule has 0 radical (unpaired) electrons. The number of carboxylic acid groups (broad SMARTS) is 1. The van der Waals surface area contributed by atoms with Crippen molar-refractivity contribution in [2.24, 2.45) is 0 Å². The minimum atomic E-state index is -0.921. The Labute approximate surface area is 163 Å². The molecule has 2 aromatic carbocycles. The standard InChI is InChI=1S/C17H11Cl3N2O2S/c18-10-3-1-9(2-4-10)16-14(8-15(23)24)25-17(22-16)21-13-6-5-11(19)7-12(13)20/h1-7H,8H2,(H,21,22)(H,23,24). The van der Waals surface area contributed by atoms with Gasteiger partial charge in [0.05, 0.1) is 22.8 Å². The summed E-state index contributed by atoms with van der Waals surface area (Å²) in [4.78, 5) is 16.3. The molecule has 3 aromatic rings. The SMILES string of the molecule is O=C(O)Cc1sc(Nc2ccc(Cl)cc2Cl)nc1-c1ccc(Cl)cc1. The van der Waals surface area contributed by atoms with E-state index >= 15 is 0 Å². The highest BCUT2D eigenvalue weighted by Crippen LogP contribution is 2.35. The lowest BCUT2D eigenvalue weighted by Crippen LogP contribution is -1.99. The molecule has 0 saturated carbocycles. The number of nitrogens with zero attached hydrogens (tertiary/aromatic N) is 1. The van der Waals surface area contributed by atoms with E-state index in [4.69, 9.17) is 39.9 Å². The summed E-state index contributed by atoms with van der Waals surface area (Å²) in [5.74, 6) is -0.921. The molecule has 0 aliphatic rings. The Bertz CT molecular complexity index is 926. The predicted molar refractivity (Wildman–Crippen MR) is 104 cm³/mol. The smallest absolute Gasteiger partial charge is 0.308 e. The van der Waals surface area contributed by atoms with Gasteiger partial charge in [0, 0.05) is 20.5 Å². The Morgan fingerprint density at radius 2 is 1.76 bits per heavy atom. The average Bonchev–Trinajstić information content (AvgIpc) is 2.92. The van der Waals surface area contributed by atoms with Gasteiger partial charge in [-0.05, 0) is 30.3 Å². The quantitative estimate of drug-likeness (QED) is 0.527. The van der Waals surface area contributed by atoms with Crippen LogP contribution in [0.2, 0.25) is 15.1 Å². The Hall–Kier alpha value is -1.79. The molecule has 0 amide bonds. The number of aromatic nitrogens is 1. The fourth-order valence-corrected chi connectivity index (χ4v) is 3.77. The molecule has 0 spiro atoms. The van der Waals surface area contributed by atoms with Crippen LogP contribution in [0.1, 0.15) is 4.88 Å². The maximum Gasteiger partial charge on any atom is 0.308 e. The highest BCUT2D eigenvalue weighted by atomic mass is 35.5. The molecule has 0 unspecified atom stereocenters. The van der Waals surface area contributed by atoms with Crippen molar-refractivity contribution >= 4 is 62.9 Å². The van der Waals surface area contributed by atoms with Gasteiger partial charge in [-0.1, -0.05) is 46.9 Å². The number of aliphatic carboxylic acids is 1. The van der Waals surface area contributed by atoms with Crippen LogP contribution in [0.25, 0.3) is 11.3 Å². The lowest BCUT2D eigenvalue weighted by atomic mass is 10.1. The molecule has 25 heavy (non-hydrogen) atoms. The van der Waals surface area contributed by atoms with Crippen molar-refractivity contribution in [2.45, 2.75) is 6.42 Å². The second-order valence-electron chi connectivity index (χ2n) is 5.12. The Balaban J connectivity index is 1.97.